The molecule has 140 valence electrons. The van der Waals surface area contributed by atoms with Crippen LogP contribution in [0.4, 0.5) is 0 Å². The van der Waals surface area contributed by atoms with E-state index in [9.17, 15) is 4.79 Å². The predicted octanol–water partition coefficient (Wildman–Crippen LogP) is 4.37. The first kappa shape index (κ1) is 20.4. The van der Waals surface area contributed by atoms with E-state index in [4.69, 9.17) is 30.5 Å². The first-order chi connectivity index (χ1) is 12.7. The van der Waals surface area contributed by atoms with E-state index in [1.807, 2.05) is 30.3 Å². The van der Waals surface area contributed by atoms with Crippen LogP contribution in [0.1, 0.15) is 15.9 Å². The molecule has 0 saturated carbocycles. The first-order valence-electron chi connectivity index (χ1n) is 7.93. The molecule has 0 saturated heterocycles. The molecule has 0 heterocycles. The number of carbonyl (C=O) groups excluding carboxylic acids is 1. The number of halogens is 1. The van der Waals surface area contributed by atoms with E-state index >= 15 is 0 Å². The smallest absolute Gasteiger partial charge is 0.342 e. The summed E-state index contributed by atoms with van der Waals surface area (Å²) in [6, 6.07) is 13.3. The molecular weight excluding hydrogens is 376 g/mol. The fraction of sp³-hybridized carbons (Fsp3) is 0.316. The highest BCUT2D eigenvalue weighted by molar-refractivity contribution is 7.98. The van der Waals surface area contributed by atoms with Gasteiger partial charge in [-0.1, -0.05) is 18.2 Å². The van der Waals surface area contributed by atoms with E-state index in [1.165, 1.54) is 14.2 Å². The Bertz CT molecular complexity index is 709. The molecule has 2 aromatic rings. The zero-order chi connectivity index (χ0) is 18.8. The SMILES string of the molecule is COCOc1ccc(OCCCl)c(CSc2ccccc2)c1C(=O)OC. The summed E-state index contributed by atoms with van der Waals surface area (Å²) in [4.78, 5) is 13.5. The van der Waals surface area contributed by atoms with Crippen LogP contribution in [0.15, 0.2) is 47.4 Å². The number of rotatable bonds is 10. The van der Waals surface area contributed by atoms with Gasteiger partial charge >= 0.3 is 5.97 Å². The van der Waals surface area contributed by atoms with Gasteiger partial charge in [-0.3, -0.25) is 0 Å². The molecule has 0 N–H and O–H groups in total. The monoisotopic (exact) mass is 396 g/mol. The van der Waals surface area contributed by atoms with Crippen molar-refractivity contribution in [3.8, 4) is 11.5 Å². The van der Waals surface area contributed by atoms with Crippen LogP contribution in [-0.4, -0.2) is 39.5 Å². The minimum Gasteiger partial charge on any atom is -0.492 e. The maximum atomic E-state index is 12.4. The van der Waals surface area contributed by atoms with Gasteiger partial charge in [0, 0.05) is 23.3 Å². The molecule has 26 heavy (non-hydrogen) atoms. The quantitative estimate of drug-likeness (QED) is 0.257. The molecule has 0 spiro atoms. The number of hydrogen-bond acceptors (Lipinski definition) is 6. The Labute approximate surface area is 162 Å². The van der Waals surface area contributed by atoms with Crippen molar-refractivity contribution < 1.29 is 23.7 Å². The number of alkyl halides is 1. The lowest BCUT2D eigenvalue weighted by molar-refractivity contribution is 0.0463. The molecule has 0 aliphatic rings. The Morgan fingerprint density at radius 2 is 1.77 bits per heavy atom. The van der Waals surface area contributed by atoms with Crippen molar-refractivity contribution in [1.82, 2.24) is 0 Å². The zero-order valence-corrected chi connectivity index (χ0v) is 16.3. The molecule has 0 amide bonds. The number of ether oxygens (including phenoxy) is 4. The number of carbonyl (C=O) groups is 1. The van der Waals surface area contributed by atoms with Gasteiger partial charge in [0.25, 0.3) is 0 Å². The van der Waals surface area contributed by atoms with Crippen LogP contribution in [0.3, 0.4) is 0 Å². The van der Waals surface area contributed by atoms with Crippen molar-refractivity contribution in [3.63, 3.8) is 0 Å². The highest BCUT2D eigenvalue weighted by atomic mass is 35.5. The van der Waals surface area contributed by atoms with Crippen molar-refractivity contribution in [2.24, 2.45) is 0 Å². The summed E-state index contributed by atoms with van der Waals surface area (Å²) >= 11 is 7.33. The molecule has 0 aliphatic carbocycles. The van der Waals surface area contributed by atoms with E-state index in [-0.39, 0.29) is 6.79 Å². The fourth-order valence-electron chi connectivity index (χ4n) is 2.28. The van der Waals surface area contributed by atoms with Gasteiger partial charge in [0.2, 0.25) is 0 Å². The van der Waals surface area contributed by atoms with E-state index < -0.39 is 5.97 Å². The first-order valence-corrected chi connectivity index (χ1v) is 9.45. The second kappa shape index (κ2) is 11.0. The molecule has 0 bridgehead atoms. The number of thioether (sulfide) groups is 1. The summed E-state index contributed by atoms with van der Waals surface area (Å²) in [5.74, 6) is 1.34. The van der Waals surface area contributed by atoms with Gasteiger partial charge in [-0.2, -0.15) is 0 Å². The van der Waals surface area contributed by atoms with Crippen LogP contribution < -0.4 is 9.47 Å². The minimum atomic E-state index is -0.490. The summed E-state index contributed by atoms with van der Waals surface area (Å²) in [6.45, 7) is 0.362. The van der Waals surface area contributed by atoms with Crippen LogP contribution in [0.2, 0.25) is 0 Å². The van der Waals surface area contributed by atoms with Gasteiger partial charge < -0.3 is 18.9 Å². The number of methoxy groups -OCH3 is 2. The highest BCUT2D eigenvalue weighted by Crippen LogP contribution is 2.36. The summed E-state index contributed by atoms with van der Waals surface area (Å²) in [5, 5.41) is 0. The summed E-state index contributed by atoms with van der Waals surface area (Å²) in [6.07, 6.45) is 0. The van der Waals surface area contributed by atoms with Crippen LogP contribution in [-0.2, 0) is 15.2 Å². The van der Waals surface area contributed by atoms with Crippen molar-refractivity contribution in [1.29, 1.82) is 0 Å². The maximum absolute atomic E-state index is 12.4. The third-order valence-electron chi connectivity index (χ3n) is 3.41. The van der Waals surface area contributed by atoms with Gasteiger partial charge in [-0.05, 0) is 24.3 Å². The largest absolute Gasteiger partial charge is 0.492 e. The van der Waals surface area contributed by atoms with E-state index in [2.05, 4.69) is 0 Å². The van der Waals surface area contributed by atoms with Crippen LogP contribution >= 0.6 is 23.4 Å². The van der Waals surface area contributed by atoms with Crippen LogP contribution in [0, 0.1) is 0 Å². The van der Waals surface area contributed by atoms with Crippen LogP contribution in [0.25, 0.3) is 0 Å². The van der Waals surface area contributed by atoms with Crippen molar-refractivity contribution >= 4 is 29.3 Å². The Morgan fingerprint density at radius 3 is 2.42 bits per heavy atom. The average Bonchev–Trinajstić information content (AvgIpc) is 2.69. The topological polar surface area (TPSA) is 54.0 Å². The van der Waals surface area contributed by atoms with Gasteiger partial charge in [-0.25, -0.2) is 4.79 Å². The zero-order valence-electron chi connectivity index (χ0n) is 14.7. The average molecular weight is 397 g/mol. The Morgan fingerprint density at radius 1 is 1.04 bits per heavy atom. The number of hydrogen-bond donors (Lipinski definition) is 0. The second-order valence-electron chi connectivity index (χ2n) is 5.10. The Kier molecular flexibility index (Phi) is 8.61. The molecular formula is C19H21ClO5S. The van der Waals surface area contributed by atoms with E-state index in [0.717, 1.165) is 4.90 Å². The molecule has 2 aromatic carbocycles. The molecule has 7 heteroatoms. The molecule has 0 unspecified atom stereocenters. The standard InChI is InChI=1S/C19H21ClO5S/c1-22-13-25-17-9-8-16(24-11-10-20)15(18(17)19(21)23-2)12-26-14-6-4-3-5-7-14/h3-9H,10-13H2,1-2H3. The summed E-state index contributed by atoms with van der Waals surface area (Å²) in [5.41, 5.74) is 1.03. The lowest BCUT2D eigenvalue weighted by atomic mass is 10.1. The lowest BCUT2D eigenvalue weighted by Gasteiger charge is -2.17. The predicted molar refractivity (Wildman–Crippen MR) is 103 cm³/mol. The summed E-state index contributed by atoms with van der Waals surface area (Å²) in [7, 11) is 2.85. The summed E-state index contributed by atoms with van der Waals surface area (Å²) < 4.78 is 21.2. The Hall–Kier alpha value is -1.89. The molecule has 0 fully saturated rings. The van der Waals surface area contributed by atoms with Crippen molar-refractivity contribution in [3.05, 3.63) is 53.6 Å². The minimum absolute atomic E-state index is 0.0249. The van der Waals surface area contributed by atoms with Gasteiger partial charge in [-0.15, -0.1) is 23.4 Å². The second-order valence-corrected chi connectivity index (χ2v) is 6.52. The highest BCUT2D eigenvalue weighted by Gasteiger charge is 2.23. The lowest BCUT2D eigenvalue weighted by Crippen LogP contribution is -2.12. The molecule has 2 rings (SSSR count). The third kappa shape index (κ3) is 5.56. The van der Waals surface area contributed by atoms with E-state index in [0.29, 0.717) is 40.9 Å². The number of esters is 1. The van der Waals surface area contributed by atoms with Gasteiger partial charge in [0.15, 0.2) is 6.79 Å². The number of benzene rings is 2. The van der Waals surface area contributed by atoms with Crippen LogP contribution in [0.5, 0.6) is 11.5 Å². The molecule has 0 radical (unpaired) electrons. The molecule has 0 aliphatic heterocycles. The third-order valence-corrected chi connectivity index (χ3v) is 4.61. The normalized spacial score (nSPS) is 10.4. The maximum Gasteiger partial charge on any atom is 0.342 e. The molecule has 0 aromatic heterocycles. The van der Waals surface area contributed by atoms with Gasteiger partial charge in [0.05, 0.1) is 13.0 Å². The molecule has 5 nitrogen and oxygen atoms in total. The fourth-order valence-corrected chi connectivity index (χ4v) is 3.30. The van der Waals surface area contributed by atoms with Crippen molar-refractivity contribution in [2.75, 3.05) is 33.5 Å². The van der Waals surface area contributed by atoms with Gasteiger partial charge in [0.1, 0.15) is 23.7 Å². The van der Waals surface area contributed by atoms with Crippen molar-refractivity contribution in [2.45, 2.75) is 10.6 Å². The van der Waals surface area contributed by atoms with E-state index in [1.54, 1.807) is 23.9 Å². The molecule has 0 atom stereocenters. The Balaban J connectivity index is 2.40.